The molecule has 0 radical (unpaired) electrons. The predicted octanol–water partition coefficient (Wildman–Crippen LogP) is 4.77. The standard InChI is InChI=1S/C18H20N2/c1-10-11(2)13(4)17(14(5)12(10)3)18-19-15-8-6-7-9-16(15)20-18/h6-9H,1-5H3,(H,19,20). The maximum absolute atomic E-state index is 4.76. The number of imidazole rings is 1. The van der Waals surface area contributed by atoms with Gasteiger partial charge in [-0.05, 0) is 74.6 Å². The molecule has 3 rings (SSSR count). The van der Waals surface area contributed by atoms with E-state index in [0.29, 0.717) is 0 Å². The minimum absolute atomic E-state index is 0.979. The summed E-state index contributed by atoms with van der Waals surface area (Å²) in [6, 6.07) is 8.19. The van der Waals surface area contributed by atoms with Crippen LogP contribution in [-0.4, -0.2) is 9.97 Å². The van der Waals surface area contributed by atoms with E-state index in [-0.39, 0.29) is 0 Å². The number of nitrogens with zero attached hydrogens (tertiary/aromatic N) is 1. The highest BCUT2D eigenvalue weighted by molar-refractivity contribution is 5.81. The van der Waals surface area contributed by atoms with Crippen LogP contribution in [0, 0.1) is 34.6 Å². The fourth-order valence-corrected chi connectivity index (χ4v) is 2.93. The van der Waals surface area contributed by atoms with E-state index in [4.69, 9.17) is 4.98 Å². The molecule has 0 amide bonds. The van der Waals surface area contributed by atoms with Crippen molar-refractivity contribution in [3.8, 4) is 11.4 Å². The Bertz CT molecular complexity index is 748. The second kappa shape index (κ2) is 4.48. The van der Waals surface area contributed by atoms with Crippen molar-refractivity contribution in [1.82, 2.24) is 9.97 Å². The Morgan fingerprint density at radius 2 is 1.30 bits per heavy atom. The maximum Gasteiger partial charge on any atom is 0.139 e. The van der Waals surface area contributed by atoms with Crippen molar-refractivity contribution >= 4 is 11.0 Å². The lowest BCUT2D eigenvalue weighted by Crippen LogP contribution is -2.00. The molecule has 2 nitrogen and oxygen atoms in total. The van der Waals surface area contributed by atoms with Crippen molar-refractivity contribution in [3.63, 3.8) is 0 Å². The molecule has 2 heteroatoms. The number of fused-ring (bicyclic) bond motifs is 1. The molecule has 1 N–H and O–H groups in total. The van der Waals surface area contributed by atoms with Gasteiger partial charge in [0.05, 0.1) is 11.0 Å². The summed E-state index contributed by atoms with van der Waals surface area (Å²) in [5.74, 6) is 0.979. The van der Waals surface area contributed by atoms with Crippen molar-refractivity contribution in [1.29, 1.82) is 0 Å². The first-order chi connectivity index (χ1) is 9.50. The molecule has 0 unspecified atom stereocenters. The lowest BCUT2D eigenvalue weighted by atomic mass is 9.89. The Kier molecular flexibility index (Phi) is 2.89. The minimum atomic E-state index is 0.979. The molecule has 2 aromatic carbocycles. The van der Waals surface area contributed by atoms with E-state index in [1.165, 1.54) is 33.4 Å². The average molecular weight is 264 g/mol. The van der Waals surface area contributed by atoms with Crippen LogP contribution in [0.2, 0.25) is 0 Å². The highest BCUT2D eigenvalue weighted by Crippen LogP contribution is 2.33. The van der Waals surface area contributed by atoms with Gasteiger partial charge in [-0.15, -0.1) is 0 Å². The summed E-state index contributed by atoms with van der Waals surface area (Å²) >= 11 is 0. The van der Waals surface area contributed by atoms with Gasteiger partial charge in [-0.25, -0.2) is 4.98 Å². The molecule has 102 valence electrons. The molecule has 20 heavy (non-hydrogen) atoms. The quantitative estimate of drug-likeness (QED) is 0.673. The van der Waals surface area contributed by atoms with E-state index in [2.05, 4.69) is 45.7 Å². The van der Waals surface area contributed by atoms with E-state index in [0.717, 1.165) is 16.9 Å². The summed E-state index contributed by atoms with van der Waals surface area (Å²) in [7, 11) is 0. The van der Waals surface area contributed by atoms with Crippen molar-refractivity contribution in [3.05, 3.63) is 52.1 Å². The first-order valence-electron chi connectivity index (χ1n) is 7.02. The van der Waals surface area contributed by atoms with Crippen molar-refractivity contribution in [2.24, 2.45) is 0 Å². The largest absolute Gasteiger partial charge is 0.338 e. The van der Waals surface area contributed by atoms with Gasteiger partial charge < -0.3 is 4.98 Å². The zero-order chi connectivity index (χ0) is 14.4. The molecule has 1 aromatic heterocycles. The van der Waals surface area contributed by atoms with Gasteiger partial charge in [0.15, 0.2) is 0 Å². The molecule has 0 saturated heterocycles. The fraction of sp³-hybridized carbons (Fsp3) is 0.278. The number of nitrogens with one attached hydrogen (secondary N) is 1. The Balaban J connectivity index is 2.34. The second-order valence-corrected chi connectivity index (χ2v) is 5.60. The van der Waals surface area contributed by atoms with E-state index in [1.54, 1.807) is 0 Å². The van der Waals surface area contributed by atoms with E-state index < -0.39 is 0 Å². The van der Waals surface area contributed by atoms with Crippen molar-refractivity contribution < 1.29 is 0 Å². The third-order valence-electron chi connectivity index (χ3n) is 4.63. The van der Waals surface area contributed by atoms with E-state index in [1.807, 2.05) is 18.2 Å². The van der Waals surface area contributed by atoms with Gasteiger partial charge in [0.1, 0.15) is 5.82 Å². The van der Waals surface area contributed by atoms with E-state index in [9.17, 15) is 0 Å². The van der Waals surface area contributed by atoms with Gasteiger partial charge in [0.2, 0.25) is 0 Å². The highest BCUT2D eigenvalue weighted by atomic mass is 14.9. The molecular formula is C18H20N2. The molecule has 0 aliphatic carbocycles. The molecule has 3 aromatic rings. The Morgan fingerprint density at radius 3 is 1.90 bits per heavy atom. The number of hydrogen-bond donors (Lipinski definition) is 1. The number of para-hydroxylation sites is 2. The number of aromatic nitrogens is 2. The second-order valence-electron chi connectivity index (χ2n) is 5.60. The fourth-order valence-electron chi connectivity index (χ4n) is 2.93. The average Bonchev–Trinajstić information content (AvgIpc) is 2.86. The molecule has 0 spiro atoms. The smallest absolute Gasteiger partial charge is 0.139 e. The van der Waals surface area contributed by atoms with E-state index >= 15 is 0 Å². The summed E-state index contributed by atoms with van der Waals surface area (Å²) in [4.78, 5) is 8.22. The maximum atomic E-state index is 4.76. The SMILES string of the molecule is Cc1c(C)c(C)c(-c2nc3ccccc3[nH]2)c(C)c1C. The number of benzene rings is 2. The first-order valence-corrected chi connectivity index (χ1v) is 7.02. The zero-order valence-electron chi connectivity index (χ0n) is 12.8. The Labute approximate surface area is 119 Å². The van der Waals surface area contributed by atoms with Crippen LogP contribution in [-0.2, 0) is 0 Å². The van der Waals surface area contributed by atoms with Crippen LogP contribution in [0.25, 0.3) is 22.4 Å². The topological polar surface area (TPSA) is 28.7 Å². The molecular weight excluding hydrogens is 244 g/mol. The minimum Gasteiger partial charge on any atom is -0.338 e. The molecule has 0 aliphatic heterocycles. The Hall–Kier alpha value is -2.09. The Morgan fingerprint density at radius 1 is 0.750 bits per heavy atom. The third-order valence-corrected chi connectivity index (χ3v) is 4.63. The number of aromatic amines is 1. The molecule has 0 saturated carbocycles. The van der Waals surface area contributed by atoms with Crippen LogP contribution in [0.4, 0.5) is 0 Å². The van der Waals surface area contributed by atoms with Crippen LogP contribution < -0.4 is 0 Å². The van der Waals surface area contributed by atoms with Crippen LogP contribution in [0.3, 0.4) is 0 Å². The molecule has 1 heterocycles. The summed E-state index contributed by atoms with van der Waals surface area (Å²) < 4.78 is 0. The van der Waals surface area contributed by atoms with Crippen molar-refractivity contribution in [2.75, 3.05) is 0 Å². The number of hydrogen-bond acceptors (Lipinski definition) is 1. The number of rotatable bonds is 1. The summed E-state index contributed by atoms with van der Waals surface area (Å²) in [6.45, 7) is 11.0. The van der Waals surface area contributed by atoms with Crippen LogP contribution in [0.1, 0.15) is 27.8 Å². The summed E-state index contributed by atoms with van der Waals surface area (Å²) in [6.07, 6.45) is 0. The van der Waals surface area contributed by atoms with Gasteiger partial charge in [0, 0.05) is 5.56 Å². The normalized spacial score (nSPS) is 11.2. The molecule has 0 atom stereocenters. The van der Waals surface area contributed by atoms with Crippen LogP contribution in [0.5, 0.6) is 0 Å². The van der Waals surface area contributed by atoms with Gasteiger partial charge in [-0.1, -0.05) is 12.1 Å². The predicted molar refractivity (Wildman–Crippen MR) is 85.2 cm³/mol. The van der Waals surface area contributed by atoms with Gasteiger partial charge in [-0.3, -0.25) is 0 Å². The molecule has 0 aliphatic rings. The third kappa shape index (κ3) is 1.75. The van der Waals surface area contributed by atoms with Crippen LogP contribution >= 0.6 is 0 Å². The number of H-pyrrole nitrogens is 1. The van der Waals surface area contributed by atoms with Crippen molar-refractivity contribution in [2.45, 2.75) is 34.6 Å². The molecule has 0 fully saturated rings. The molecule has 0 bridgehead atoms. The summed E-state index contributed by atoms with van der Waals surface area (Å²) in [5.41, 5.74) is 10.1. The van der Waals surface area contributed by atoms with Gasteiger partial charge >= 0.3 is 0 Å². The highest BCUT2D eigenvalue weighted by Gasteiger charge is 2.16. The lowest BCUT2D eigenvalue weighted by molar-refractivity contribution is 1.16. The monoisotopic (exact) mass is 264 g/mol. The van der Waals surface area contributed by atoms with Crippen LogP contribution in [0.15, 0.2) is 24.3 Å². The lowest BCUT2D eigenvalue weighted by Gasteiger charge is -2.17. The van der Waals surface area contributed by atoms with Gasteiger partial charge in [-0.2, -0.15) is 0 Å². The van der Waals surface area contributed by atoms with Gasteiger partial charge in [0.25, 0.3) is 0 Å². The first kappa shape index (κ1) is 12.9. The zero-order valence-corrected chi connectivity index (χ0v) is 12.8. The summed E-state index contributed by atoms with van der Waals surface area (Å²) in [5, 5.41) is 0.